The first-order valence-corrected chi connectivity index (χ1v) is 7.46. The van der Waals surface area contributed by atoms with Crippen LogP contribution in [0.1, 0.15) is 39.0 Å². The zero-order valence-electron chi connectivity index (χ0n) is 11.4. The molecule has 2 rings (SSSR count). The Kier molecular flexibility index (Phi) is 5.26. The van der Waals surface area contributed by atoms with E-state index in [1.807, 2.05) is 0 Å². The van der Waals surface area contributed by atoms with E-state index in [1.165, 1.54) is 64.8 Å². The second-order valence-electron chi connectivity index (χ2n) is 5.96. The molecule has 0 aromatic carbocycles. The summed E-state index contributed by atoms with van der Waals surface area (Å²) in [5.41, 5.74) is 5.91. The molecule has 0 radical (unpaired) electrons. The predicted octanol–water partition coefficient (Wildman–Crippen LogP) is 1.53. The van der Waals surface area contributed by atoms with E-state index in [4.69, 9.17) is 5.73 Å². The van der Waals surface area contributed by atoms with E-state index in [2.05, 4.69) is 16.7 Å². The first-order valence-electron chi connectivity index (χ1n) is 7.46. The topological polar surface area (TPSA) is 32.5 Å². The molecular weight excluding hydrogens is 210 g/mol. The fourth-order valence-electron chi connectivity index (χ4n) is 3.29. The van der Waals surface area contributed by atoms with E-state index in [0.29, 0.717) is 6.04 Å². The van der Waals surface area contributed by atoms with Crippen LogP contribution in [0.5, 0.6) is 0 Å². The number of nitrogens with two attached hydrogens (primary N) is 1. The molecule has 2 fully saturated rings. The Labute approximate surface area is 106 Å². The van der Waals surface area contributed by atoms with Crippen LogP contribution in [-0.2, 0) is 0 Å². The van der Waals surface area contributed by atoms with Gasteiger partial charge in [-0.1, -0.05) is 13.3 Å². The van der Waals surface area contributed by atoms with Crippen molar-refractivity contribution in [1.29, 1.82) is 0 Å². The lowest BCUT2D eigenvalue weighted by Gasteiger charge is -2.39. The summed E-state index contributed by atoms with van der Waals surface area (Å²) >= 11 is 0. The van der Waals surface area contributed by atoms with Crippen LogP contribution in [0.25, 0.3) is 0 Å². The average molecular weight is 239 g/mol. The molecule has 17 heavy (non-hydrogen) atoms. The normalized spacial score (nSPS) is 32.8. The highest BCUT2D eigenvalue weighted by atomic mass is 15.2. The van der Waals surface area contributed by atoms with Gasteiger partial charge < -0.3 is 10.6 Å². The standard InChI is InChI=1S/C14H29N3/c1-13-5-8-17(14(11-13)12-15)10-9-16-6-3-2-4-7-16/h13-14H,2-12,15H2,1H3. The van der Waals surface area contributed by atoms with Gasteiger partial charge in [0.1, 0.15) is 0 Å². The van der Waals surface area contributed by atoms with Crippen LogP contribution in [0.15, 0.2) is 0 Å². The van der Waals surface area contributed by atoms with Gasteiger partial charge in [-0.05, 0) is 51.2 Å². The van der Waals surface area contributed by atoms with Crippen LogP contribution in [0, 0.1) is 5.92 Å². The molecule has 0 amide bonds. The van der Waals surface area contributed by atoms with Crippen LogP contribution < -0.4 is 5.73 Å². The fraction of sp³-hybridized carbons (Fsp3) is 1.00. The highest BCUT2D eigenvalue weighted by Crippen LogP contribution is 2.21. The summed E-state index contributed by atoms with van der Waals surface area (Å²) in [5.74, 6) is 0.870. The molecule has 100 valence electrons. The van der Waals surface area contributed by atoms with Gasteiger partial charge in [0.05, 0.1) is 0 Å². The van der Waals surface area contributed by atoms with Crippen LogP contribution >= 0.6 is 0 Å². The molecule has 2 heterocycles. The Balaban J connectivity index is 1.73. The molecule has 0 aliphatic carbocycles. The number of rotatable bonds is 4. The van der Waals surface area contributed by atoms with Gasteiger partial charge in [-0.25, -0.2) is 0 Å². The van der Waals surface area contributed by atoms with Gasteiger partial charge in [0.2, 0.25) is 0 Å². The SMILES string of the molecule is CC1CCN(CCN2CCCCC2)C(CN)C1. The smallest absolute Gasteiger partial charge is 0.0221 e. The van der Waals surface area contributed by atoms with Crippen molar-refractivity contribution >= 4 is 0 Å². The number of likely N-dealkylation sites (tertiary alicyclic amines) is 2. The van der Waals surface area contributed by atoms with Gasteiger partial charge in [0.15, 0.2) is 0 Å². The van der Waals surface area contributed by atoms with Crippen molar-refractivity contribution < 1.29 is 0 Å². The monoisotopic (exact) mass is 239 g/mol. The van der Waals surface area contributed by atoms with Crippen molar-refractivity contribution in [3.05, 3.63) is 0 Å². The molecule has 2 unspecified atom stereocenters. The lowest BCUT2D eigenvalue weighted by molar-refractivity contribution is 0.101. The van der Waals surface area contributed by atoms with E-state index in [9.17, 15) is 0 Å². The fourth-order valence-corrected chi connectivity index (χ4v) is 3.29. The Morgan fingerprint density at radius 3 is 2.53 bits per heavy atom. The van der Waals surface area contributed by atoms with Gasteiger partial charge in [0.25, 0.3) is 0 Å². The first-order chi connectivity index (χ1) is 8.29. The van der Waals surface area contributed by atoms with Crippen LogP contribution in [0.3, 0.4) is 0 Å². The number of nitrogens with zero attached hydrogens (tertiary/aromatic N) is 2. The van der Waals surface area contributed by atoms with E-state index in [0.717, 1.165) is 12.5 Å². The third-order valence-electron chi connectivity index (χ3n) is 4.52. The molecule has 2 aliphatic heterocycles. The zero-order valence-corrected chi connectivity index (χ0v) is 11.4. The maximum absolute atomic E-state index is 5.91. The van der Waals surface area contributed by atoms with Gasteiger partial charge in [0, 0.05) is 25.7 Å². The molecule has 2 atom stereocenters. The summed E-state index contributed by atoms with van der Waals surface area (Å²) < 4.78 is 0. The third kappa shape index (κ3) is 3.94. The van der Waals surface area contributed by atoms with E-state index in [-0.39, 0.29) is 0 Å². The molecule has 3 heteroatoms. The van der Waals surface area contributed by atoms with Crippen LogP contribution in [-0.4, -0.2) is 55.1 Å². The highest BCUT2D eigenvalue weighted by molar-refractivity contribution is 4.81. The molecule has 0 saturated carbocycles. The van der Waals surface area contributed by atoms with E-state index >= 15 is 0 Å². The number of hydrogen-bond donors (Lipinski definition) is 1. The zero-order chi connectivity index (χ0) is 12.1. The van der Waals surface area contributed by atoms with Gasteiger partial charge in [-0.3, -0.25) is 4.90 Å². The summed E-state index contributed by atoms with van der Waals surface area (Å²) in [6, 6.07) is 0.642. The minimum atomic E-state index is 0.642. The summed E-state index contributed by atoms with van der Waals surface area (Å²) in [7, 11) is 0. The second kappa shape index (κ2) is 6.72. The summed E-state index contributed by atoms with van der Waals surface area (Å²) in [6.07, 6.45) is 6.89. The Morgan fingerprint density at radius 2 is 1.82 bits per heavy atom. The Morgan fingerprint density at radius 1 is 1.06 bits per heavy atom. The van der Waals surface area contributed by atoms with Gasteiger partial charge in [-0.2, -0.15) is 0 Å². The second-order valence-corrected chi connectivity index (χ2v) is 5.96. The van der Waals surface area contributed by atoms with E-state index in [1.54, 1.807) is 0 Å². The lowest BCUT2D eigenvalue weighted by atomic mass is 9.92. The average Bonchev–Trinajstić information content (AvgIpc) is 2.38. The highest BCUT2D eigenvalue weighted by Gasteiger charge is 2.25. The van der Waals surface area contributed by atoms with Crippen molar-refractivity contribution in [3.8, 4) is 0 Å². The lowest BCUT2D eigenvalue weighted by Crippen LogP contribution is -2.49. The van der Waals surface area contributed by atoms with E-state index < -0.39 is 0 Å². The van der Waals surface area contributed by atoms with Crippen molar-refractivity contribution in [3.63, 3.8) is 0 Å². The van der Waals surface area contributed by atoms with Gasteiger partial charge >= 0.3 is 0 Å². The molecular formula is C14H29N3. The van der Waals surface area contributed by atoms with Crippen molar-refractivity contribution in [2.24, 2.45) is 11.7 Å². The van der Waals surface area contributed by atoms with Crippen molar-refractivity contribution in [1.82, 2.24) is 9.80 Å². The minimum absolute atomic E-state index is 0.642. The first kappa shape index (κ1) is 13.3. The summed E-state index contributed by atoms with van der Waals surface area (Å²) in [5, 5.41) is 0. The minimum Gasteiger partial charge on any atom is -0.329 e. The Hall–Kier alpha value is -0.120. The maximum atomic E-state index is 5.91. The van der Waals surface area contributed by atoms with Crippen LogP contribution in [0.2, 0.25) is 0 Å². The maximum Gasteiger partial charge on any atom is 0.0221 e. The molecule has 2 aliphatic rings. The Bertz CT molecular complexity index is 214. The van der Waals surface area contributed by atoms with Crippen LogP contribution in [0.4, 0.5) is 0 Å². The largest absolute Gasteiger partial charge is 0.329 e. The number of piperidine rings is 2. The molecule has 0 spiro atoms. The van der Waals surface area contributed by atoms with Gasteiger partial charge in [-0.15, -0.1) is 0 Å². The molecule has 3 nitrogen and oxygen atoms in total. The quantitative estimate of drug-likeness (QED) is 0.807. The number of hydrogen-bond acceptors (Lipinski definition) is 3. The predicted molar refractivity (Wildman–Crippen MR) is 73.1 cm³/mol. The van der Waals surface area contributed by atoms with Crippen molar-refractivity contribution in [2.75, 3.05) is 39.3 Å². The molecule has 0 bridgehead atoms. The third-order valence-corrected chi connectivity index (χ3v) is 4.52. The molecule has 0 aromatic heterocycles. The molecule has 2 saturated heterocycles. The molecule has 0 aromatic rings. The van der Waals surface area contributed by atoms with Crippen molar-refractivity contribution in [2.45, 2.75) is 45.1 Å². The summed E-state index contributed by atoms with van der Waals surface area (Å²) in [4.78, 5) is 5.27. The summed E-state index contributed by atoms with van der Waals surface area (Å²) in [6.45, 7) is 9.58. The molecule has 2 N–H and O–H groups in total.